The first-order valence-corrected chi connectivity index (χ1v) is 8.01. The van der Waals surface area contributed by atoms with Crippen LogP contribution in [0.3, 0.4) is 0 Å². The highest BCUT2D eigenvalue weighted by Crippen LogP contribution is 2.31. The molecule has 0 aromatic carbocycles. The van der Waals surface area contributed by atoms with Gasteiger partial charge in [0, 0.05) is 24.7 Å². The van der Waals surface area contributed by atoms with E-state index >= 15 is 0 Å². The van der Waals surface area contributed by atoms with Crippen LogP contribution in [0, 0.1) is 5.92 Å². The number of hydrogen-bond acceptors (Lipinski definition) is 4. The van der Waals surface area contributed by atoms with E-state index in [0.717, 1.165) is 43.5 Å². The SMILES string of the molecule is CCCNc1ncnc(N2CCC(C)CC2C)c1CC. The third-order valence-corrected chi connectivity index (χ3v) is 4.23. The molecule has 0 bridgehead atoms. The van der Waals surface area contributed by atoms with Crippen molar-refractivity contribution in [2.75, 3.05) is 23.3 Å². The van der Waals surface area contributed by atoms with Crippen molar-refractivity contribution in [3.8, 4) is 0 Å². The average molecular weight is 276 g/mol. The predicted octanol–water partition coefficient (Wildman–Crippen LogP) is 3.49. The largest absolute Gasteiger partial charge is 0.370 e. The summed E-state index contributed by atoms with van der Waals surface area (Å²) in [6, 6.07) is 0.568. The molecule has 20 heavy (non-hydrogen) atoms. The molecule has 0 amide bonds. The molecule has 4 nitrogen and oxygen atoms in total. The molecule has 0 saturated carbocycles. The van der Waals surface area contributed by atoms with Gasteiger partial charge in [0.05, 0.1) is 0 Å². The number of anilines is 2. The van der Waals surface area contributed by atoms with Gasteiger partial charge in [0.2, 0.25) is 0 Å². The molecule has 112 valence electrons. The van der Waals surface area contributed by atoms with Crippen molar-refractivity contribution >= 4 is 11.6 Å². The van der Waals surface area contributed by atoms with Crippen LogP contribution in [0.1, 0.15) is 52.5 Å². The fourth-order valence-electron chi connectivity index (χ4n) is 3.09. The van der Waals surface area contributed by atoms with Crippen molar-refractivity contribution in [2.24, 2.45) is 5.92 Å². The molecule has 1 N–H and O–H groups in total. The summed E-state index contributed by atoms with van der Waals surface area (Å²) in [5, 5.41) is 3.44. The Labute approximate surface area is 123 Å². The molecule has 2 rings (SSSR count). The molecular formula is C16H28N4. The lowest BCUT2D eigenvalue weighted by molar-refractivity contribution is 0.375. The Bertz CT molecular complexity index is 432. The first-order valence-electron chi connectivity index (χ1n) is 8.01. The maximum absolute atomic E-state index is 4.59. The minimum absolute atomic E-state index is 0.568. The number of nitrogens with one attached hydrogen (secondary N) is 1. The average Bonchev–Trinajstić information content (AvgIpc) is 2.44. The minimum atomic E-state index is 0.568. The molecule has 1 aliphatic heterocycles. The number of aromatic nitrogens is 2. The maximum Gasteiger partial charge on any atom is 0.137 e. The van der Waals surface area contributed by atoms with Crippen LogP contribution in [0.25, 0.3) is 0 Å². The molecule has 1 aromatic rings. The molecule has 2 heterocycles. The molecule has 1 saturated heterocycles. The van der Waals surface area contributed by atoms with Gasteiger partial charge in [-0.3, -0.25) is 0 Å². The normalized spacial score (nSPS) is 22.9. The Morgan fingerprint density at radius 2 is 2.10 bits per heavy atom. The monoisotopic (exact) mass is 276 g/mol. The number of rotatable bonds is 5. The van der Waals surface area contributed by atoms with E-state index in [4.69, 9.17) is 0 Å². The van der Waals surface area contributed by atoms with Crippen LogP contribution in [0.4, 0.5) is 11.6 Å². The van der Waals surface area contributed by atoms with E-state index in [1.807, 2.05) is 0 Å². The Hall–Kier alpha value is -1.32. The van der Waals surface area contributed by atoms with E-state index in [0.29, 0.717) is 6.04 Å². The topological polar surface area (TPSA) is 41.1 Å². The van der Waals surface area contributed by atoms with Gasteiger partial charge < -0.3 is 10.2 Å². The molecule has 1 aliphatic rings. The van der Waals surface area contributed by atoms with Crippen molar-refractivity contribution in [1.29, 1.82) is 0 Å². The summed E-state index contributed by atoms with van der Waals surface area (Å²) in [6.07, 6.45) is 6.30. The van der Waals surface area contributed by atoms with Crippen LogP contribution in [0.5, 0.6) is 0 Å². The highest BCUT2D eigenvalue weighted by atomic mass is 15.2. The molecule has 0 aliphatic carbocycles. The Morgan fingerprint density at radius 3 is 2.75 bits per heavy atom. The smallest absolute Gasteiger partial charge is 0.137 e. The zero-order chi connectivity index (χ0) is 14.5. The van der Waals surface area contributed by atoms with Gasteiger partial charge in [-0.25, -0.2) is 9.97 Å². The van der Waals surface area contributed by atoms with Gasteiger partial charge in [-0.15, -0.1) is 0 Å². The summed E-state index contributed by atoms with van der Waals surface area (Å²) in [4.78, 5) is 11.5. The summed E-state index contributed by atoms with van der Waals surface area (Å²) < 4.78 is 0. The van der Waals surface area contributed by atoms with E-state index in [9.17, 15) is 0 Å². The second kappa shape index (κ2) is 6.91. The molecule has 4 heteroatoms. The molecule has 2 atom stereocenters. The van der Waals surface area contributed by atoms with Crippen LogP contribution in [-0.2, 0) is 6.42 Å². The van der Waals surface area contributed by atoms with Crippen molar-refractivity contribution in [3.63, 3.8) is 0 Å². The lowest BCUT2D eigenvalue weighted by Crippen LogP contribution is -2.41. The van der Waals surface area contributed by atoms with Gasteiger partial charge in [-0.2, -0.15) is 0 Å². The molecule has 0 spiro atoms. The van der Waals surface area contributed by atoms with Crippen molar-refractivity contribution in [2.45, 2.75) is 59.4 Å². The van der Waals surface area contributed by atoms with E-state index in [1.54, 1.807) is 6.33 Å². The van der Waals surface area contributed by atoms with Gasteiger partial charge >= 0.3 is 0 Å². The van der Waals surface area contributed by atoms with E-state index in [1.165, 1.54) is 18.4 Å². The highest BCUT2D eigenvalue weighted by molar-refractivity contribution is 5.59. The first kappa shape index (κ1) is 15.1. The van der Waals surface area contributed by atoms with E-state index in [2.05, 4.69) is 47.9 Å². The fourth-order valence-corrected chi connectivity index (χ4v) is 3.09. The zero-order valence-corrected chi connectivity index (χ0v) is 13.3. The maximum atomic E-state index is 4.59. The summed E-state index contributed by atoms with van der Waals surface area (Å²) in [7, 11) is 0. The van der Waals surface area contributed by atoms with E-state index < -0.39 is 0 Å². The van der Waals surface area contributed by atoms with Gasteiger partial charge in [0.15, 0.2) is 0 Å². The molecule has 1 fully saturated rings. The van der Waals surface area contributed by atoms with Gasteiger partial charge in [-0.05, 0) is 38.5 Å². The lowest BCUT2D eigenvalue weighted by atomic mass is 9.93. The zero-order valence-electron chi connectivity index (χ0n) is 13.3. The minimum Gasteiger partial charge on any atom is -0.370 e. The van der Waals surface area contributed by atoms with Crippen LogP contribution < -0.4 is 10.2 Å². The predicted molar refractivity (Wildman–Crippen MR) is 85.4 cm³/mol. The van der Waals surface area contributed by atoms with Crippen molar-refractivity contribution in [3.05, 3.63) is 11.9 Å². The molecule has 0 radical (unpaired) electrons. The standard InChI is InChI=1S/C16H28N4/c1-5-8-17-15-14(6-2)16(19-11-18-15)20-9-7-12(3)10-13(20)4/h11-13H,5-10H2,1-4H3,(H,17,18,19). The van der Waals surface area contributed by atoms with Crippen LogP contribution in [0.15, 0.2) is 6.33 Å². The Kier molecular flexibility index (Phi) is 5.21. The van der Waals surface area contributed by atoms with Crippen LogP contribution in [0.2, 0.25) is 0 Å². The van der Waals surface area contributed by atoms with Gasteiger partial charge in [-0.1, -0.05) is 20.8 Å². The summed E-state index contributed by atoms with van der Waals surface area (Å²) in [5.41, 5.74) is 1.27. The third kappa shape index (κ3) is 3.22. The summed E-state index contributed by atoms with van der Waals surface area (Å²) in [5.74, 6) is 2.98. The summed E-state index contributed by atoms with van der Waals surface area (Å²) in [6.45, 7) is 11.1. The summed E-state index contributed by atoms with van der Waals surface area (Å²) >= 11 is 0. The second-order valence-corrected chi connectivity index (χ2v) is 5.98. The molecular weight excluding hydrogens is 248 g/mol. The number of piperidine rings is 1. The first-order chi connectivity index (χ1) is 9.67. The van der Waals surface area contributed by atoms with Gasteiger partial charge in [0.25, 0.3) is 0 Å². The quantitative estimate of drug-likeness (QED) is 0.894. The van der Waals surface area contributed by atoms with Gasteiger partial charge in [0.1, 0.15) is 18.0 Å². The van der Waals surface area contributed by atoms with E-state index in [-0.39, 0.29) is 0 Å². The fraction of sp³-hybridized carbons (Fsp3) is 0.750. The Balaban J connectivity index is 2.26. The van der Waals surface area contributed by atoms with Crippen molar-refractivity contribution in [1.82, 2.24) is 9.97 Å². The van der Waals surface area contributed by atoms with Crippen molar-refractivity contribution < 1.29 is 0 Å². The molecule has 2 unspecified atom stereocenters. The highest BCUT2D eigenvalue weighted by Gasteiger charge is 2.26. The molecule has 1 aromatic heterocycles. The third-order valence-electron chi connectivity index (χ3n) is 4.23. The number of nitrogens with zero attached hydrogens (tertiary/aromatic N) is 3. The van der Waals surface area contributed by atoms with Crippen LogP contribution >= 0.6 is 0 Å². The van der Waals surface area contributed by atoms with Crippen LogP contribution in [-0.4, -0.2) is 29.1 Å². The second-order valence-electron chi connectivity index (χ2n) is 5.98. The number of hydrogen-bond donors (Lipinski definition) is 1. The Morgan fingerprint density at radius 1 is 1.30 bits per heavy atom. The lowest BCUT2D eigenvalue weighted by Gasteiger charge is -2.38.